The smallest absolute Gasteiger partial charge is 0.223 e. The van der Waals surface area contributed by atoms with Crippen molar-refractivity contribution in [3.05, 3.63) is 59.4 Å². The largest absolute Gasteiger partial charge is 0.382 e. The first-order valence-corrected chi connectivity index (χ1v) is 13.3. The molecule has 4 rings (SSSR count). The van der Waals surface area contributed by atoms with Crippen molar-refractivity contribution in [2.45, 2.75) is 30.7 Å². The Kier molecular flexibility index (Phi) is 8.89. The summed E-state index contributed by atoms with van der Waals surface area (Å²) in [6.07, 6.45) is 1.02. The molecule has 3 heterocycles. The lowest BCUT2D eigenvalue weighted by atomic mass is 10.1. The van der Waals surface area contributed by atoms with Gasteiger partial charge in [0.05, 0.1) is 11.4 Å². The van der Waals surface area contributed by atoms with E-state index < -0.39 is 0 Å². The number of piperazine rings is 1. The maximum absolute atomic E-state index is 12.6. The molecule has 3 aromatic rings. The Labute approximate surface area is 226 Å². The van der Waals surface area contributed by atoms with Crippen molar-refractivity contribution in [1.82, 2.24) is 24.8 Å². The van der Waals surface area contributed by atoms with Crippen molar-refractivity contribution < 1.29 is 9.59 Å². The summed E-state index contributed by atoms with van der Waals surface area (Å²) < 4.78 is 0. The minimum atomic E-state index is -0.167. The molecule has 2 aromatic heterocycles. The lowest BCUT2D eigenvalue weighted by Gasteiger charge is -2.32. The summed E-state index contributed by atoms with van der Waals surface area (Å²) >= 11 is 1.37. The summed E-state index contributed by atoms with van der Waals surface area (Å²) in [6.45, 7) is 4.80. The Bertz CT molecular complexity index is 1350. The van der Waals surface area contributed by atoms with Gasteiger partial charge in [-0.2, -0.15) is 5.26 Å². The summed E-state index contributed by atoms with van der Waals surface area (Å²) in [5, 5.41) is 12.8. The van der Waals surface area contributed by atoms with Crippen LogP contribution in [-0.4, -0.2) is 69.8 Å². The first-order chi connectivity index (χ1) is 18.3. The van der Waals surface area contributed by atoms with E-state index in [4.69, 9.17) is 10.7 Å². The number of nitrogens with one attached hydrogen (secondary N) is 1. The van der Waals surface area contributed by atoms with Gasteiger partial charge in [-0.05, 0) is 37.7 Å². The van der Waals surface area contributed by atoms with Crippen molar-refractivity contribution in [2.24, 2.45) is 0 Å². The van der Waals surface area contributed by atoms with E-state index in [2.05, 4.69) is 33.3 Å². The fraction of sp³-hybridized carbons (Fsp3) is 0.333. The van der Waals surface area contributed by atoms with Crippen molar-refractivity contribution >= 4 is 35.1 Å². The van der Waals surface area contributed by atoms with Gasteiger partial charge in [-0.1, -0.05) is 30.0 Å². The number of anilines is 2. The number of nitrogen functional groups attached to an aromatic ring is 1. The van der Waals surface area contributed by atoms with E-state index in [1.165, 1.54) is 18.7 Å². The van der Waals surface area contributed by atoms with Crippen LogP contribution in [0.5, 0.6) is 0 Å². The molecule has 1 aliphatic heterocycles. The first kappa shape index (κ1) is 27.0. The van der Waals surface area contributed by atoms with E-state index >= 15 is 0 Å². The molecule has 10 nitrogen and oxygen atoms in total. The van der Waals surface area contributed by atoms with E-state index in [9.17, 15) is 14.9 Å². The second-order valence-corrected chi connectivity index (χ2v) is 10.0. The quantitative estimate of drug-likeness (QED) is 0.332. The zero-order valence-electron chi connectivity index (χ0n) is 21.5. The molecule has 196 valence electrons. The summed E-state index contributed by atoms with van der Waals surface area (Å²) in [5.41, 5.74) is 9.77. The van der Waals surface area contributed by atoms with Crippen LogP contribution in [0, 0.1) is 11.3 Å². The van der Waals surface area contributed by atoms with E-state index in [0.717, 1.165) is 37.6 Å². The van der Waals surface area contributed by atoms with Crippen LogP contribution in [-0.2, 0) is 21.8 Å². The summed E-state index contributed by atoms with van der Waals surface area (Å²) in [7, 11) is 2.07. The van der Waals surface area contributed by atoms with Crippen molar-refractivity contribution in [1.29, 1.82) is 5.26 Å². The molecule has 1 aromatic carbocycles. The molecule has 1 fully saturated rings. The third-order valence-electron chi connectivity index (χ3n) is 6.17. The van der Waals surface area contributed by atoms with Crippen molar-refractivity contribution in [3.63, 3.8) is 0 Å². The Morgan fingerprint density at radius 1 is 1.05 bits per heavy atom. The number of benzene rings is 1. The number of likely N-dealkylation sites (N-methyl/N-ethyl adjacent to an activating group) is 1. The maximum atomic E-state index is 12.6. The highest BCUT2D eigenvalue weighted by atomic mass is 32.2. The van der Waals surface area contributed by atoms with Crippen LogP contribution >= 0.6 is 11.8 Å². The molecule has 0 radical (unpaired) electrons. The number of amides is 2. The fourth-order valence-corrected chi connectivity index (χ4v) is 4.85. The van der Waals surface area contributed by atoms with Gasteiger partial charge in [-0.3, -0.25) is 14.6 Å². The number of nitrogens with zero attached hydrogens (tertiary/aromatic N) is 6. The highest BCUT2D eigenvalue weighted by molar-refractivity contribution is 7.98. The SMILES string of the molecule is CC(=O)Nc1ccc(-c2nc(SCc3cccc(CCC(=O)N4CCN(C)CC4)n3)nc(N)c2C#N)cc1. The highest BCUT2D eigenvalue weighted by Gasteiger charge is 2.19. The van der Waals surface area contributed by atoms with Crippen LogP contribution in [0.2, 0.25) is 0 Å². The summed E-state index contributed by atoms with van der Waals surface area (Å²) in [6, 6.07) is 14.9. The normalized spacial score (nSPS) is 13.7. The monoisotopic (exact) mass is 530 g/mol. The molecule has 1 aliphatic rings. The Hall–Kier alpha value is -4.01. The molecular formula is C27H30N8O2S. The molecule has 38 heavy (non-hydrogen) atoms. The molecule has 0 unspecified atom stereocenters. The fourth-order valence-electron chi connectivity index (χ4n) is 4.09. The van der Waals surface area contributed by atoms with Gasteiger partial charge in [0.1, 0.15) is 17.5 Å². The van der Waals surface area contributed by atoms with Gasteiger partial charge in [0.25, 0.3) is 0 Å². The minimum absolute atomic E-state index is 0.107. The van der Waals surface area contributed by atoms with E-state index in [-0.39, 0.29) is 23.2 Å². The van der Waals surface area contributed by atoms with Gasteiger partial charge in [0.2, 0.25) is 11.8 Å². The Morgan fingerprint density at radius 3 is 2.45 bits per heavy atom. The molecule has 0 saturated carbocycles. The topological polar surface area (TPSA) is 141 Å². The standard InChI is InChI=1S/C27H30N8O2S/c1-18(36)30-21-8-6-19(7-9-21)25-23(16-28)26(29)33-27(32-25)38-17-22-5-3-4-20(31-22)10-11-24(37)35-14-12-34(2)13-15-35/h3-9H,10-15,17H2,1-2H3,(H,30,36)(H2,29,32,33). The predicted molar refractivity (Wildman–Crippen MR) is 147 cm³/mol. The maximum Gasteiger partial charge on any atom is 0.223 e. The van der Waals surface area contributed by atoms with Crippen LogP contribution in [0.15, 0.2) is 47.6 Å². The van der Waals surface area contributed by atoms with Crippen molar-refractivity contribution in [3.8, 4) is 17.3 Å². The Balaban J connectivity index is 1.41. The Morgan fingerprint density at radius 2 is 1.76 bits per heavy atom. The second-order valence-electron chi connectivity index (χ2n) is 9.08. The van der Waals surface area contributed by atoms with E-state index in [0.29, 0.717) is 40.7 Å². The molecule has 0 spiro atoms. The van der Waals surface area contributed by atoms with Gasteiger partial charge in [0, 0.05) is 62.2 Å². The molecule has 3 N–H and O–H groups in total. The van der Waals surface area contributed by atoms with Gasteiger partial charge < -0.3 is 20.9 Å². The summed E-state index contributed by atoms with van der Waals surface area (Å²) in [5.74, 6) is 0.612. The lowest BCUT2D eigenvalue weighted by Crippen LogP contribution is -2.47. The minimum Gasteiger partial charge on any atom is -0.382 e. The van der Waals surface area contributed by atoms with Gasteiger partial charge in [0.15, 0.2) is 5.16 Å². The van der Waals surface area contributed by atoms with Gasteiger partial charge >= 0.3 is 0 Å². The summed E-state index contributed by atoms with van der Waals surface area (Å²) in [4.78, 5) is 41.6. The molecule has 0 atom stereocenters. The van der Waals surface area contributed by atoms with Crippen LogP contribution in [0.3, 0.4) is 0 Å². The third kappa shape index (κ3) is 7.06. The third-order valence-corrected chi connectivity index (χ3v) is 7.05. The van der Waals surface area contributed by atoms with Gasteiger partial charge in [-0.15, -0.1) is 0 Å². The molecular weight excluding hydrogens is 500 g/mol. The zero-order valence-corrected chi connectivity index (χ0v) is 22.3. The van der Waals surface area contributed by atoms with Crippen LogP contribution < -0.4 is 11.1 Å². The number of aromatic nitrogens is 3. The number of aryl methyl sites for hydroxylation is 1. The number of thioether (sulfide) groups is 1. The van der Waals surface area contributed by atoms with Gasteiger partial charge in [-0.25, -0.2) is 9.97 Å². The molecule has 11 heteroatoms. The van der Waals surface area contributed by atoms with Crippen LogP contribution in [0.4, 0.5) is 11.5 Å². The number of nitrogens with two attached hydrogens (primary N) is 1. The van der Waals surface area contributed by atoms with Crippen LogP contribution in [0.25, 0.3) is 11.3 Å². The number of hydrogen-bond donors (Lipinski definition) is 2. The number of carbonyl (C=O) groups excluding carboxylic acids is 2. The number of rotatable bonds is 8. The number of pyridine rings is 1. The molecule has 2 amide bonds. The van der Waals surface area contributed by atoms with E-state index in [1.54, 1.807) is 24.3 Å². The molecule has 0 bridgehead atoms. The molecule has 0 aliphatic carbocycles. The number of carbonyl (C=O) groups is 2. The second kappa shape index (κ2) is 12.5. The van der Waals surface area contributed by atoms with Crippen molar-refractivity contribution in [2.75, 3.05) is 44.3 Å². The number of nitriles is 1. The predicted octanol–water partition coefficient (Wildman–Crippen LogP) is 2.95. The van der Waals surface area contributed by atoms with E-state index in [1.807, 2.05) is 23.1 Å². The molecule has 1 saturated heterocycles. The highest BCUT2D eigenvalue weighted by Crippen LogP contribution is 2.29. The first-order valence-electron chi connectivity index (χ1n) is 12.3. The zero-order chi connectivity index (χ0) is 27.1. The average molecular weight is 531 g/mol. The number of hydrogen-bond acceptors (Lipinski definition) is 9. The average Bonchev–Trinajstić information content (AvgIpc) is 2.91. The van der Waals surface area contributed by atoms with Crippen LogP contribution in [0.1, 0.15) is 30.3 Å². The lowest BCUT2D eigenvalue weighted by molar-refractivity contribution is -0.132.